The van der Waals surface area contributed by atoms with E-state index < -0.39 is 12.0 Å². The maximum absolute atomic E-state index is 12.3. The molecule has 2 N–H and O–H groups in total. The predicted octanol–water partition coefficient (Wildman–Crippen LogP) is 2.73. The van der Waals surface area contributed by atoms with E-state index in [4.69, 9.17) is 15.0 Å². The topological polar surface area (TPSA) is 142 Å². The summed E-state index contributed by atoms with van der Waals surface area (Å²) in [6.07, 6.45) is 0.614. The van der Waals surface area contributed by atoms with Crippen molar-refractivity contribution in [2.24, 2.45) is 11.0 Å². The van der Waals surface area contributed by atoms with Gasteiger partial charge in [0.05, 0.1) is 13.2 Å². The van der Waals surface area contributed by atoms with Crippen LogP contribution in [0.2, 0.25) is 0 Å². The minimum Gasteiger partial charge on any atom is -0.445 e. The van der Waals surface area contributed by atoms with Gasteiger partial charge in [0, 0.05) is 36.9 Å². The maximum Gasteiger partial charge on any atom is 0.407 e. The van der Waals surface area contributed by atoms with E-state index >= 15 is 0 Å². The first kappa shape index (κ1) is 24.9. The number of ether oxygens (including phenoxy) is 2. The van der Waals surface area contributed by atoms with Crippen LogP contribution in [0, 0.1) is 5.92 Å². The Kier molecular flexibility index (Phi) is 13.1. The van der Waals surface area contributed by atoms with Crippen LogP contribution < -0.4 is 10.6 Å². The standard InChI is InChI=1S/C20H29N5O5/c1-16(26)14-18(19(27)22-10-12-29-13-11-24-25-21)8-5-9-23-20(28)30-15-17-6-3-2-4-7-17/h2-4,6-7,18H,5,8-15H2,1H3,(H,22,27)(H,23,28)/t18-/m1/s1. The van der Waals surface area contributed by atoms with Crippen molar-refractivity contribution in [1.29, 1.82) is 0 Å². The second-order valence-electron chi connectivity index (χ2n) is 6.59. The van der Waals surface area contributed by atoms with Crippen molar-refractivity contribution < 1.29 is 23.9 Å². The number of Topliss-reactive ketones (excluding diaryl/α,β-unsaturated/α-hetero) is 1. The van der Waals surface area contributed by atoms with E-state index in [1.54, 1.807) is 0 Å². The quantitative estimate of drug-likeness (QED) is 0.194. The van der Waals surface area contributed by atoms with E-state index in [9.17, 15) is 14.4 Å². The Hall–Kier alpha value is -3.10. The van der Waals surface area contributed by atoms with Gasteiger partial charge in [-0.15, -0.1) is 0 Å². The highest BCUT2D eigenvalue weighted by atomic mass is 16.5. The first-order valence-electron chi connectivity index (χ1n) is 9.83. The zero-order chi connectivity index (χ0) is 22.0. The lowest BCUT2D eigenvalue weighted by atomic mass is 9.96. The lowest BCUT2D eigenvalue weighted by Gasteiger charge is -2.16. The average Bonchev–Trinajstić information content (AvgIpc) is 2.74. The molecular weight excluding hydrogens is 390 g/mol. The van der Waals surface area contributed by atoms with Crippen molar-refractivity contribution >= 4 is 17.8 Å². The molecule has 0 heterocycles. The summed E-state index contributed by atoms with van der Waals surface area (Å²) in [6.45, 7) is 3.08. The summed E-state index contributed by atoms with van der Waals surface area (Å²) >= 11 is 0. The van der Waals surface area contributed by atoms with Crippen LogP contribution in [-0.4, -0.2) is 50.6 Å². The predicted molar refractivity (Wildman–Crippen MR) is 110 cm³/mol. The van der Waals surface area contributed by atoms with E-state index in [2.05, 4.69) is 20.7 Å². The smallest absolute Gasteiger partial charge is 0.407 e. The molecule has 0 fully saturated rings. The van der Waals surface area contributed by atoms with Crippen molar-refractivity contribution in [1.82, 2.24) is 10.6 Å². The number of ketones is 1. The largest absolute Gasteiger partial charge is 0.445 e. The Morgan fingerprint density at radius 3 is 2.60 bits per heavy atom. The number of hydrogen-bond acceptors (Lipinski definition) is 6. The van der Waals surface area contributed by atoms with E-state index in [-0.39, 0.29) is 44.5 Å². The number of carbonyl (C=O) groups excluding carboxylic acids is 3. The second kappa shape index (κ2) is 15.8. The molecule has 10 nitrogen and oxygen atoms in total. The Bertz CT molecular complexity index is 707. The van der Waals surface area contributed by atoms with Gasteiger partial charge in [-0.3, -0.25) is 4.79 Å². The summed E-state index contributed by atoms with van der Waals surface area (Å²) in [4.78, 5) is 38.1. The minimum absolute atomic E-state index is 0.0732. The van der Waals surface area contributed by atoms with Gasteiger partial charge in [-0.05, 0) is 30.9 Å². The fraction of sp³-hybridized carbons (Fsp3) is 0.550. The summed E-state index contributed by atoms with van der Waals surface area (Å²) in [6, 6.07) is 9.35. The summed E-state index contributed by atoms with van der Waals surface area (Å²) in [5.41, 5.74) is 9.05. The number of alkyl carbamates (subject to hydrolysis) is 1. The highest BCUT2D eigenvalue weighted by Gasteiger charge is 2.19. The third-order valence-corrected chi connectivity index (χ3v) is 4.06. The van der Waals surface area contributed by atoms with Crippen LogP contribution in [0.1, 0.15) is 31.7 Å². The van der Waals surface area contributed by atoms with Gasteiger partial charge < -0.3 is 24.9 Å². The number of azide groups is 1. The normalized spacial score (nSPS) is 11.1. The Balaban J connectivity index is 2.24. The van der Waals surface area contributed by atoms with Gasteiger partial charge in [0.15, 0.2) is 0 Å². The Morgan fingerprint density at radius 2 is 1.90 bits per heavy atom. The number of carbonyl (C=O) groups is 3. The van der Waals surface area contributed by atoms with Crippen molar-refractivity contribution in [3.05, 3.63) is 46.3 Å². The molecular formula is C20H29N5O5. The molecule has 1 aromatic carbocycles. The Morgan fingerprint density at radius 1 is 1.13 bits per heavy atom. The van der Waals surface area contributed by atoms with Gasteiger partial charge in [-0.1, -0.05) is 35.4 Å². The zero-order valence-electron chi connectivity index (χ0n) is 17.2. The molecule has 164 valence electrons. The number of nitrogens with zero attached hydrogens (tertiary/aromatic N) is 3. The molecule has 0 aliphatic heterocycles. The molecule has 0 spiro atoms. The highest BCUT2D eigenvalue weighted by molar-refractivity contribution is 5.85. The van der Waals surface area contributed by atoms with E-state index in [0.717, 1.165) is 5.56 Å². The molecule has 0 unspecified atom stereocenters. The fourth-order valence-corrected chi connectivity index (χ4v) is 2.63. The van der Waals surface area contributed by atoms with Gasteiger partial charge >= 0.3 is 6.09 Å². The van der Waals surface area contributed by atoms with Crippen LogP contribution in [-0.2, 0) is 25.7 Å². The van der Waals surface area contributed by atoms with Crippen molar-refractivity contribution in [2.45, 2.75) is 32.8 Å². The number of hydrogen-bond donors (Lipinski definition) is 2. The monoisotopic (exact) mass is 419 g/mol. The third-order valence-electron chi connectivity index (χ3n) is 4.06. The van der Waals surface area contributed by atoms with Crippen LogP contribution in [0.5, 0.6) is 0 Å². The van der Waals surface area contributed by atoms with Gasteiger partial charge in [-0.2, -0.15) is 0 Å². The summed E-state index contributed by atoms with van der Waals surface area (Å²) in [7, 11) is 0. The third kappa shape index (κ3) is 12.4. The number of rotatable bonds is 15. The molecule has 2 amide bonds. The molecule has 1 aromatic rings. The highest BCUT2D eigenvalue weighted by Crippen LogP contribution is 2.12. The van der Waals surface area contributed by atoms with Crippen LogP contribution in [0.15, 0.2) is 35.4 Å². The number of amides is 2. The molecule has 1 atom stereocenters. The zero-order valence-corrected chi connectivity index (χ0v) is 17.2. The fourth-order valence-electron chi connectivity index (χ4n) is 2.63. The van der Waals surface area contributed by atoms with Crippen molar-refractivity contribution in [2.75, 3.05) is 32.8 Å². The van der Waals surface area contributed by atoms with Crippen LogP contribution in [0.3, 0.4) is 0 Å². The molecule has 30 heavy (non-hydrogen) atoms. The maximum atomic E-state index is 12.3. The van der Waals surface area contributed by atoms with Crippen LogP contribution in [0.4, 0.5) is 4.79 Å². The molecule has 1 rings (SSSR count). The summed E-state index contributed by atoms with van der Waals surface area (Å²) < 4.78 is 10.3. The number of benzene rings is 1. The first-order chi connectivity index (χ1) is 14.5. The molecule has 0 radical (unpaired) electrons. The average molecular weight is 419 g/mol. The van der Waals surface area contributed by atoms with Crippen LogP contribution in [0.25, 0.3) is 10.4 Å². The minimum atomic E-state index is -0.524. The van der Waals surface area contributed by atoms with Crippen molar-refractivity contribution in [3.8, 4) is 0 Å². The van der Waals surface area contributed by atoms with Gasteiger partial charge in [0.1, 0.15) is 12.4 Å². The van der Waals surface area contributed by atoms with E-state index in [1.165, 1.54) is 6.92 Å². The van der Waals surface area contributed by atoms with Crippen molar-refractivity contribution in [3.63, 3.8) is 0 Å². The molecule has 0 bridgehead atoms. The molecule has 0 aliphatic carbocycles. The lowest BCUT2D eigenvalue weighted by molar-refractivity contribution is -0.129. The summed E-state index contributed by atoms with van der Waals surface area (Å²) in [5.74, 6) is -0.765. The first-order valence-corrected chi connectivity index (χ1v) is 9.83. The van der Waals surface area contributed by atoms with Crippen LogP contribution >= 0.6 is 0 Å². The molecule has 0 saturated heterocycles. The van der Waals surface area contributed by atoms with E-state index in [1.807, 2.05) is 30.3 Å². The lowest BCUT2D eigenvalue weighted by Crippen LogP contribution is -2.35. The Labute approximate surface area is 175 Å². The molecule has 0 saturated carbocycles. The molecule has 0 aliphatic rings. The van der Waals surface area contributed by atoms with E-state index in [0.29, 0.717) is 25.9 Å². The second-order valence-corrected chi connectivity index (χ2v) is 6.59. The van der Waals surface area contributed by atoms with Gasteiger partial charge in [-0.25, -0.2) is 4.79 Å². The SMILES string of the molecule is CC(=O)C[C@@H](CCCNC(=O)OCc1ccccc1)C(=O)NCCOCCN=[N+]=[N-]. The molecule has 10 heteroatoms. The number of nitrogens with one attached hydrogen (secondary N) is 2. The van der Waals surface area contributed by atoms with Gasteiger partial charge in [0.25, 0.3) is 0 Å². The van der Waals surface area contributed by atoms with Gasteiger partial charge in [0.2, 0.25) is 5.91 Å². The molecule has 0 aromatic heterocycles. The summed E-state index contributed by atoms with van der Waals surface area (Å²) in [5, 5.41) is 8.72.